The number of nitrogens with one attached hydrogen (secondary N) is 1. The molecule has 0 aliphatic rings. The largest absolute Gasteiger partial charge is 0.369 e. The van der Waals surface area contributed by atoms with Crippen molar-refractivity contribution in [3.05, 3.63) is 48.2 Å². The van der Waals surface area contributed by atoms with Crippen molar-refractivity contribution in [2.24, 2.45) is 0 Å². The highest BCUT2D eigenvalue weighted by atomic mass is 32.2. The Morgan fingerprint density at radius 2 is 2.17 bits per heavy atom. The molecule has 126 valence electrons. The van der Waals surface area contributed by atoms with Crippen LogP contribution in [0.3, 0.4) is 0 Å². The van der Waals surface area contributed by atoms with E-state index < -0.39 is 16.6 Å². The molecule has 6 nitrogen and oxygen atoms in total. The molecule has 0 bridgehead atoms. The fourth-order valence-corrected chi connectivity index (χ4v) is 3.41. The lowest BCUT2D eigenvalue weighted by molar-refractivity contribution is 0.595. The number of halogens is 1. The van der Waals surface area contributed by atoms with Gasteiger partial charge in [-0.15, -0.1) is 0 Å². The highest BCUT2D eigenvalue weighted by Crippen LogP contribution is 2.14. The molecule has 0 amide bonds. The van der Waals surface area contributed by atoms with Gasteiger partial charge in [0.1, 0.15) is 18.0 Å². The van der Waals surface area contributed by atoms with Gasteiger partial charge in [-0.1, -0.05) is 25.5 Å². The molecule has 1 aromatic carbocycles. The van der Waals surface area contributed by atoms with Gasteiger partial charge in [-0.2, -0.15) is 14.6 Å². The number of anilines is 1. The molecule has 0 spiro atoms. The first-order valence-electron chi connectivity index (χ1n) is 7.75. The molecule has 0 aliphatic carbocycles. The predicted octanol–water partition coefficient (Wildman–Crippen LogP) is 2.44. The summed E-state index contributed by atoms with van der Waals surface area (Å²) in [4.78, 5) is 8.77. The lowest BCUT2D eigenvalue weighted by atomic mass is 10.2. The molecule has 0 fully saturated rings. The van der Waals surface area contributed by atoms with Crippen molar-refractivity contribution in [1.82, 2.24) is 19.6 Å². The van der Waals surface area contributed by atoms with E-state index in [-0.39, 0.29) is 4.90 Å². The van der Waals surface area contributed by atoms with Gasteiger partial charge in [0.05, 0.1) is 15.7 Å². The van der Waals surface area contributed by atoms with Crippen LogP contribution in [0.15, 0.2) is 41.6 Å². The van der Waals surface area contributed by atoms with E-state index in [0.717, 1.165) is 24.4 Å². The van der Waals surface area contributed by atoms with E-state index >= 15 is 0 Å². The molecule has 0 radical (unpaired) electrons. The molecular formula is C16H18FN5OS. The number of benzene rings is 1. The van der Waals surface area contributed by atoms with E-state index in [4.69, 9.17) is 0 Å². The number of rotatable bonds is 7. The Kier molecular flexibility index (Phi) is 5.14. The van der Waals surface area contributed by atoms with Crippen molar-refractivity contribution in [2.45, 2.75) is 24.7 Å². The van der Waals surface area contributed by atoms with E-state index in [1.807, 2.05) is 6.07 Å². The Labute approximate surface area is 141 Å². The van der Waals surface area contributed by atoms with Crippen LogP contribution < -0.4 is 5.32 Å². The average molecular weight is 347 g/mol. The maximum Gasteiger partial charge on any atom is 0.254 e. The Bertz CT molecular complexity index is 867. The molecule has 2 heterocycles. The van der Waals surface area contributed by atoms with Crippen molar-refractivity contribution in [3.63, 3.8) is 0 Å². The monoisotopic (exact) mass is 347 g/mol. The van der Waals surface area contributed by atoms with Crippen molar-refractivity contribution in [2.75, 3.05) is 17.6 Å². The number of aryl methyl sites for hydroxylation is 1. The molecule has 2 aromatic heterocycles. The molecule has 0 saturated carbocycles. The minimum absolute atomic E-state index is 0.228. The van der Waals surface area contributed by atoms with E-state index in [2.05, 4.69) is 27.3 Å². The first kappa shape index (κ1) is 16.5. The fourth-order valence-electron chi connectivity index (χ4n) is 2.38. The van der Waals surface area contributed by atoms with Crippen molar-refractivity contribution in [1.29, 1.82) is 0 Å². The zero-order valence-corrected chi connectivity index (χ0v) is 14.1. The first-order valence-corrected chi connectivity index (χ1v) is 9.07. The zero-order valence-electron chi connectivity index (χ0n) is 13.3. The second-order valence-corrected chi connectivity index (χ2v) is 6.80. The Balaban J connectivity index is 1.70. The normalized spacial score (nSPS) is 12.4. The van der Waals surface area contributed by atoms with Crippen LogP contribution in [0, 0.1) is 5.82 Å². The highest BCUT2D eigenvalue weighted by Gasteiger charge is 2.10. The molecule has 3 aromatic rings. The van der Waals surface area contributed by atoms with Crippen molar-refractivity contribution >= 4 is 22.4 Å². The van der Waals surface area contributed by atoms with Gasteiger partial charge in [0.15, 0.2) is 0 Å². The summed E-state index contributed by atoms with van der Waals surface area (Å²) in [5, 5.41) is 7.33. The molecule has 0 aliphatic heterocycles. The second kappa shape index (κ2) is 7.48. The number of aromatic nitrogens is 4. The van der Waals surface area contributed by atoms with Gasteiger partial charge in [-0.05, 0) is 18.6 Å². The first-order chi connectivity index (χ1) is 11.7. The van der Waals surface area contributed by atoms with Crippen LogP contribution in [-0.4, -0.2) is 36.1 Å². The third-order valence-corrected chi connectivity index (χ3v) is 4.88. The molecule has 1 unspecified atom stereocenters. The van der Waals surface area contributed by atoms with E-state index in [1.54, 1.807) is 22.7 Å². The summed E-state index contributed by atoms with van der Waals surface area (Å²) in [6.45, 7) is 2.51. The maximum atomic E-state index is 13.7. The van der Waals surface area contributed by atoms with Gasteiger partial charge in [0.25, 0.3) is 5.78 Å². The van der Waals surface area contributed by atoms with Crippen LogP contribution in [0.25, 0.3) is 5.78 Å². The fraction of sp³-hybridized carbons (Fsp3) is 0.312. The smallest absolute Gasteiger partial charge is 0.254 e. The van der Waals surface area contributed by atoms with Gasteiger partial charge in [-0.3, -0.25) is 4.21 Å². The Morgan fingerprint density at radius 3 is 2.96 bits per heavy atom. The number of fused-ring (bicyclic) bond motifs is 1. The van der Waals surface area contributed by atoms with Crippen LogP contribution >= 0.6 is 0 Å². The summed E-state index contributed by atoms with van der Waals surface area (Å²) in [6.07, 6.45) is 3.27. The maximum absolute atomic E-state index is 13.7. The SMILES string of the molecule is CCCc1cc(NCCS(=O)c2ccccc2F)n2ncnc2n1. The molecule has 24 heavy (non-hydrogen) atoms. The molecular weight excluding hydrogens is 329 g/mol. The van der Waals surface area contributed by atoms with Crippen LogP contribution in [-0.2, 0) is 17.2 Å². The van der Waals surface area contributed by atoms with Gasteiger partial charge in [0, 0.05) is 24.1 Å². The zero-order chi connectivity index (χ0) is 16.9. The minimum Gasteiger partial charge on any atom is -0.369 e. The van der Waals surface area contributed by atoms with Crippen molar-refractivity contribution < 1.29 is 8.60 Å². The van der Waals surface area contributed by atoms with E-state index in [0.29, 0.717) is 18.1 Å². The van der Waals surface area contributed by atoms with Gasteiger partial charge < -0.3 is 5.32 Å². The summed E-state index contributed by atoms with van der Waals surface area (Å²) in [6, 6.07) is 8.05. The van der Waals surface area contributed by atoms with Crippen LogP contribution in [0.1, 0.15) is 19.0 Å². The Hall–Kier alpha value is -2.35. The van der Waals surface area contributed by atoms with Crippen LogP contribution in [0.4, 0.5) is 10.2 Å². The van der Waals surface area contributed by atoms with E-state index in [9.17, 15) is 8.60 Å². The summed E-state index contributed by atoms with van der Waals surface area (Å²) in [5.41, 5.74) is 0.927. The number of hydrogen-bond acceptors (Lipinski definition) is 5. The molecule has 0 saturated heterocycles. The quantitative estimate of drug-likeness (QED) is 0.711. The summed E-state index contributed by atoms with van der Waals surface area (Å²) in [7, 11) is -1.40. The van der Waals surface area contributed by atoms with Crippen LogP contribution in [0.5, 0.6) is 0 Å². The van der Waals surface area contributed by atoms with Gasteiger partial charge in [0.2, 0.25) is 0 Å². The molecule has 1 atom stereocenters. The summed E-state index contributed by atoms with van der Waals surface area (Å²) in [5.74, 6) is 1.12. The average Bonchev–Trinajstić information content (AvgIpc) is 3.04. The predicted molar refractivity (Wildman–Crippen MR) is 90.9 cm³/mol. The molecule has 1 N–H and O–H groups in total. The molecule has 8 heteroatoms. The lowest BCUT2D eigenvalue weighted by Crippen LogP contribution is -2.15. The topological polar surface area (TPSA) is 72.2 Å². The third-order valence-electron chi connectivity index (χ3n) is 3.49. The van der Waals surface area contributed by atoms with Crippen LogP contribution in [0.2, 0.25) is 0 Å². The second-order valence-electron chi connectivity index (χ2n) is 5.26. The standard InChI is InChI=1S/C16H18FN5OS/c1-2-5-12-10-15(22-16(21-12)19-11-20-22)18-8-9-24(23)14-7-4-3-6-13(14)17/h3-4,6-7,10-11,18H,2,5,8-9H2,1H3. The highest BCUT2D eigenvalue weighted by molar-refractivity contribution is 7.85. The van der Waals surface area contributed by atoms with E-state index in [1.165, 1.54) is 12.4 Å². The third kappa shape index (κ3) is 3.59. The number of hydrogen-bond donors (Lipinski definition) is 1. The van der Waals surface area contributed by atoms with Gasteiger partial charge in [-0.25, -0.2) is 9.37 Å². The summed E-state index contributed by atoms with van der Waals surface area (Å²) < 4.78 is 27.5. The number of nitrogens with zero attached hydrogens (tertiary/aromatic N) is 4. The van der Waals surface area contributed by atoms with Crippen molar-refractivity contribution in [3.8, 4) is 0 Å². The minimum atomic E-state index is -1.40. The van der Waals surface area contributed by atoms with Gasteiger partial charge >= 0.3 is 0 Å². The Morgan fingerprint density at radius 1 is 1.33 bits per heavy atom. The summed E-state index contributed by atoms with van der Waals surface area (Å²) >= 11 is 0. The molecule has 3 rings (SSSR count). The lowest BCUT2D eigenvalue weighted by Gasteiger charge is -2.10.